The molecular weight excluding hydrogens is 318 g/mol. The largest absolute Gasteiger partial charge is 0.292 e. The van der Waals surface area contributed by atoms with E-state index in [0.717, 1.165) is 35.1 Å². The van der Waals surface area contributed by atoms with E-state index in [4.69, 9.17) is 0 Å². The van der Waals surface area contributed by atoms with E-state index >= 15 is 0 Å². The number of carbonyl (C=O) groups excluding carboxylic acids is 1. The first-order valence-electron chi connectivity index (χ1n) is 9.37. The van der Waals surface area contributed by atoms with Crippen molar-refractivity contribution in [2.24, 2.45) is 0 Å². The van der Waals surface area contributed by atoms with E-state index in [-0.39, 0.29) is 17.9 Å². The maximum atomic E-state index is 13.4. The number of piperidine rings is 1. The zero-order valence-corrected chi connectivity index (χ0v) is 15.7. The molecule has 2 nitrogen and oxygen atoms in total. The van der Waals surface area contributed by atoms with Gasteiger partial charge in [-0.15, -0.1) is 0 Å². The van der Waals surface area contributed by atoms with E-state index in [1.165, 1.54) is 11.1 Å². The lowest BCUT2D eigenvalue weighted by atomic mass is 9.87. The normalized spacial score (nSPS) is 26.0. The highest BCUT2D eigenvalue weighted by molar-refractivity contribution is 6.16. The van der Waals surface area contributed by atoms with Crippen molar-refractivity contribution < 1.29 is 4.79 Å². The number of rotatable bonds is 2. The van der Waals surface area contributed by atoms with Crippen molar-refractivity contribution in [2.75, 3.05) is 7.05 Å². The molecule has 2 fully saturated rings. The van der Waals surface area contributed by atoms with Gasteiger partial charge in [-0.2, -0.15) is 0 Å². The van der Waals surface area contributed by atoms with E-state index in [1.54, 1.807) is 0 Å². The minimum Gasteiger partial charge on any atom is -0.292 e. The quantitative estimate of drug-likeness (QED) is 0.729. The zero-order chi connectivity index (χ0) is 18.3. The summed E-state index contributed by atoms with van der Waals surface area (Å²) in [5, 5.41) is 0. The van der Waals surface area contributed by atoms with Crippen molar-refractivity contribution in [3.8, 4) is 0 Å². The Morgan fingerprint density at radius 2 is 1.23 bits per heavy atom. The van der Waals surface area contributed by atoms with Crippen LogP contribution < -0.4 is 0 Å². The van der Waals surface area contributed by atoms with Crippen LogP contribution in [0, 0.1) is 13.8 Å². The first kappa shape index (κ1) is 17.0. The Hall–Kier alpha value is -2.45. The van der Waals surface area contributed by atoms with Gasteiger partial charge in [0.15, 0.2) is 5.78 Å². The van der Waals surface area contributed by atoms with Crippen LogP contribution in [-0.4, -0.2) is 29.8 Å². The Labute approximate surface area is 155 Å². The van der Waals surface area contributed by atoms with Crippen LogP contribution in [0.2, 0.25) is 0 Å². The summed E-state index contributed by atoms with van der Waals surface area (Å²) in [6, 6.07) is 17.0. The predicted molar refractivity (Wildman–Crippen MR) is 108 cm³/mol. The van der Waals surface area contributed by atoms with E-state index in [0.29, 0.717) is 0 Å². The third-order valence-corrected chi connectivity index (χ3v) is 5.94. The van der Waals surface area contributed by atoms with Crippen LogP contribution in [0.15, 0.2) is 59.7 Å². The number of fused-ring (bicyclic) bond motifs is 2. The predicted octanol–water partition coefficient (Wildman–Crippen LogP) is 4.82. The van der Waals surface area contributed by atoms with Gasteiger partial charge in [-0.25, -0.2) is 0 Å². The highest BCUT2D eigenvalue weighted by atomic mass is 16.1. The van der Waals surface area contributed by atoms with Gasteiger partial charge in [-0.1, -0.05) is 48.5 Å². The number of carbonyl (C=O) groups is 1. The highest BCUT2D eigenvalue weighted by Gasteiger charge is 2.44. The number of benzene rings is 2. The number of ketones is 1. The fourth-order valence-electron chi connectivity index (χ4n) is 4.32. The maximum Gasteiger partial charge on any atom is 0.188 e. The topological polar surface area (TPSA) is 20.3 Å². The summed E-state index contributed by atoms with van der Waals surface area (Å²) in [4.78, 5) is 15.8. The number of likely N-dealkylation sites (N-methyl/N-ethyl adjacent to an activating group) is 1. The molecule has 2 aromatic carbocycles. The fraction of sp³-hybridized carbons (Fsp3) is 0.292. The molecule has 2 aliphatic rings. The van der Waals surface area contributed by atoms with Gasteiger partial charge in [0.2, 0.25) is 0 Å². The molecule has 0 saturated carbocycles. The summed E-state index contributed by atoms with van der Waals surface area (Å²) in [6.45, 7) is 4.20. The molecule has 2 heterocycles. The van der Waals surface area contributed by atoms with Crippen LogP contribution in [0.1, 0.15) is 35.1 Å². The summed E-state index contributed by atoms with van der Waals surface area (Å²) in [7, 11) is 2.16. The molecule has 4 rings (SSSR count). The van der Waals surface area contributed by atoms with Crippen molar-refractivity contribution >= 4 is 17.9 Å². The van der Waals surface area contributed by atoms with Gasteiger partial charge >= 0.3 is 0 Å². The zero-order valence-electron chi connectivity index (χ0n) is 15.7. The lowest BCUT2D eigenvalue weighted by Gasteiger charge is -2.34. The minimum atomic E-state index is 0.224. The Morgan fingerprint density at radius 1 is 0.808 bits per heavy atom. The van der Waals surface area contributed by atoms with Gasteiger partial charge in [0.05, 0.1) is 0 Å². The van der Waals surface area contributed by atoms with Crippen LogP contribution in [0.5, 0.6) is 0 Å². The lowest BCUT2D eigenvalue weighted by Crippen LogP contribution is -2.43. The number of Topliss-reactive ketones (excluding diaryl/α,β-unsaturated/α-hetero) is 1. The molecular formula is C24H25NO. The van der Waals surface area contributed by atoms with Crippen LogP contribution in [-0.2, 0) is 4.79 Å². The summed E-state index contributed by atoms with van der Waals surface area (Å²) in [6.07, 6.45) is 6.34. The summed E-state index contributed by atoms with van der Waals surface area (Å²) < 4.78 is 0. The summed E-state index contributed by atoms with van der Waals surface area (Å²) in [5.74, 6) is 0.224. The Bertz CT molecular complexity index is 848. The van der Waals surface area contributed by atoms with E-state index in [2.05, 4.69) is 62.2 Å². The molecule has 132 valence electrons. The molecule has 0 radical (unpaired) electrons. The van der Waals surface area contributed by atoms with Gasteiger partial charge < -0.3 is 0 Å². The SMILES string of the molecule is Cc1ccccc1/C=C1/C(=O)/C(=C/c2ccccc2C)C2CCC1N2C. The van der Waals surface area contributed by atoms with Gasteiger partial charge in [0, 0.05) is 23.2 Å². The van der Waals surface area contributed by atoms with E-state index in [1.807, 2.05) is 24.3 Å². The molecule has 2 heteroatoms. The maximum absolute atomic E-state index is 13.4. The molecule has 0 spiro atoms. The van der Waals surface area contributed by atoms with Gasteiger partial charge in [0.1, 0.15) is 0 Å². The van der Waals surface area contributed by atoms with Crippen molar-refractivity contribution in [1.29, 1.82) is 0 Å². The first-order valence-corrected chi connectivity index (χ1v) is 9.37. The molecule has 0 aromatic heterocycles. The second-order valence-corrected chi connectivity index (χ2v) is 7.52. The Morgan fingerprint density at radius 3 is 1.65 bits per heavy atom. The lowest BCUT2D eigenvalue weighted by molar-refractivity contribution is -0.114. The van der Waals surface area contributed by atoms with Crippen LogP contribution in [0.4, 0.5) is 0 Å². The molecule has 0 amide bonds. The molecule has 2 aromatic rings. The van der Waals surface area contributed by atoms with Crippen molar-refractivity contribution in [2.45, 2.75) is 38.8 Å². The summed E-state index contributed by atoms with van der Waals surface area (Å²) >= 11 is 0. The first-order chi connectivity index (χ1) is 12.6. The third-order valence-electron chi connectivity index (χ3n) is 5.94. The average Bonchev–Trinajstić information content (AvgIpc) is 2.94. The standard InChI is InChI=1S/C24H25NO/c1-16-8-4-6-10-18(16)14-20-22-12-13-23(25(22)3)21(24(20)26)15-19-11-7-5-9-17(19)2/h4-11,14-15,22-23H,12-13H2,1-3H3/b20-14+,21-15+. The van der Waals surface area contributed by atoms with Crippen molar-refractivity contribution in [3.05, 3.63) is 81.9 Å². The van der Waals surface area contributed by atoms with Gasteiger partial charge in [-0.3, -0.25) is 9.69 Å². The minimum absolute atomic E-state index is 0.224. The highest BCUT2D eigenvalue weighted by Crippen LogP contribution is 2.40. The second-order valence-electron chi connectivity index (χ2n) is 7.52. The van der Waals surface area contributed by atoms with Gasteiger partial charge in [0.25, 0.3) is 0 Å². The van der Waals surface area contributed by atoms with Crippen molar-refractivity contribution in [3.63, 3.8) is 0 Å². The monoisotopic (exact) mass is 343 g/mol. The van der Waals surface area contributed by atoms with Crippen molar-refractivity contribution in [1.82, 2.24) is 4.90 Å². The molecule has 2 aliphatic heterocycles. The Kier molecular flexibility index (Phi) is 4.37. The van der Waals surface area contributed by atoms with Crippen LogP contribution >= 0.6 is 0 Å². The summed E-state index contributed by atoms with van der Waals surface area (Å²) in [5.41, 5.74) is 6.58. The number of aryl methyl sites for hydroxylation is 2. The molecule has 2 saturated heterocycles. The Balaban J connectivity index is 1.81. The molecule has 0 N–H and O–H groups in total. The van der Waals surface area contributed by atoms with E-state index in [9.17, 15) is 4.79 Å². The number of hydrogen-bond acceptors (Lipinski definition) is 2. The number of hydrogen-bond donors (Lipinski definition) is 0. The van der Waals surface area contributed by atoms with Gasteiger partial charge in [-0.05, 0) is 68.1 Å². The molecule has 2 bridgehead atoms. The second kappa shape index (κ2) is 6.69. The average molecular weight is 343 g/mol. The van der Waals surface area contributed by atoms with E-state index < -0.39 is 0 Å². The smallest absolute Gasteiger partial charge is 0.188 e. The molecule has 26 heavy (non-hydrogen) atoms. The molecule has 2 atom stereocenters. The number of nitrogens with zero attached hydrogens (tertiary/aromatic N) is 1. The van der Waals surface area contributed by atoms with Crippen LogP contribution in [0.25, 0.3) is 12.2 Å². The van der Waals surface area contributed by atoms with Crippen LogP contribution in [0.3, 0.4) is 0 Å². The molecule has 2 unspecified atom stereocenters. The molecule has 0 aliphatic carbocycles. The third kappa shape index (κ3) is 2.85. The fourth-order valence-corrected chi connectivity index (χ4v) is 4.32.